The highest BCUT2D eigenvalue weighted by Gasteiger charge is 2.16. The Morgan fingerprint density at radius 1 is 1.19 bits per heavy atom. The Morgan fingerprint density at radius 2 is 1.81 bits per heavy atom. The summed E-state index contributed by atoms with van der Waals surface area (Å²) in [5, 5.41) is 11.3. The largest absolute Gasteiger partial charge is 0.355 e. The van der Waals surface area contributed by atoms with Gasteiger partial charge in [0.15, 0.2) is 0 Å². The molecule has 0 spiro atoms. The number of carbonyl (C=O) groups excluding carboxylic acids is 1. The van der Waals surface area contributed by atoms with Gasteiger partial charge >= 0.3 is 0 Å². The molecule has 26 heavy (non-hydrogen) atoms. The van der Waals surface area contributed by atoms with Gasteiger partial charge in [-0.1, -0.05) is 44.7 Å². The van der Waals surface area contributed by atoms with E-state index in [4.69, 9.17) is 5.84 Å². The zero-order valence-corrected chi connectivity index (χ0v) is 17.3. The zero-order chi connectivity index (χ0) is 19.5. The lowest BCUT2D eigenvalue weighted by Gasteiger charge is -2.22. The van der Waals surface area contributed by atoms with Crippen molar-refractivity contribution in [2.45, 2.75) is 58.5 Å². The van der Waals surface area contributed by atoms with Gasteiger partial charge in [-0.05, 0) is 54.9 Å². The second-order valence-corrected chi connectivity index (χ2v) is 8.57. The van der Waals surface area contributed by atoms with Crippen LogP contribution < -0.4 is 11.2 Å². The third-order valence-corrected chi connectivity index (χ3v) is 5.37. The number of benzene rings is 1. The number of nitrogen functional groups attached to an aromatic ring is 1. The number of aromatic nitrogens is 3. The minimum atomic E-state index is -0.0303. The van der Waals surface area contributed by atoms with Crippen LogP contribution in [0.2, 0.25) is 0 Å². The lowest BCUT2D eigenvalue weighted by atomic mass is 9.83. The molecule has 7 heteroatoms. The van der Waals surface area contributed by atoms with E-state index in [9.17, 15) is 4.79 Å². The summed E-state index contributed by atoms with van der Waals surface area (Å²) >= 11 is 1.29. The van der Waals surface area contributed by atoms with Crippen molar-refractivity contribution in [3.63, 3.8) is 0 Å². The van der Waals surface area contributed by atoms with Gasteiger partial charge in [0.25, 0.3) is 0 Å². The van der Waals surface area contributed by atoms with Gasteiger partial charge in [0.2, 0.25) is 11.1 Å². The van der Waals surface area contributed by atoms with Crippen molar-refractivity contribution in [3.8, 4) is 0 Å². The number of carbonyl (C=O) groups is 1. The number of nitrogens with one attached hydrogen (secondary N) is 1. The molecule has 0 atom stereocenters. The molecule has 0 aliphatic heterocycles. The minimum Gasteiger partial charge on any atom is -0.355 e. The second kappa shape index (κ2) is 8.12. The minimum absolute atomic E-state index is 0.0303. The third-order valence-electron chi connectivity index (χ3n) is 4.43. The molecule has 1 heterocycles. The molecule has 0 bridgehead atoms. The predicted molar refractivity (Wildman–Crippen MR) is 107 cm³/mol. The molecule has 0 saturated heterocycles. The topological polar surface area (TPSA) is 85.8 Å². The van der Waals surface area contributed by atoms with Crippen molar-refractivity contribution in [2.24, 2.45) is 0 Å². The van der Waals surface area contributed by atoms with E-state index in [-0.39, 0.29) is 17.1 Å². The van der Waals surface area contributed by atoms with Gasteiger partial charge in [0.05, 0.1) is 5.75 Å². The molecule has 0 saturated carbocycles. The van der Waals surface area contributed by atoms with E-state index < -0.39 is 0 Å². The summed E-state index contributed by atoms with van der Waals surface area (Å²) in [5.74, 6) is 6.65. The fraction of sp³-hybridized carbons (Fsp3) is 0.526. The molecule has 1 aromatic heterocycles. The SMILES string of the molecule is Cc1cc(C(C)(C)C)cc(C)c1CCNC(=O)CSc1nnc(C)n1N. The molecule has 1 aromatic carbocycles. The maximum absolute atomic E-state index is 12.0. The number of hydrogen-bond donors (Lipinski definition) is 2. The molecule has 2 aromatic rings. The zero-order valence-electron chi connectivity index (χ0n) is 16.5. The molecule has 0 radical (unpaired) electrons. The second-order valence-electron chi connectivity index (χ2n) is 7.63. The molecule has 142 valence electrons. The molecule has 2 rings (SSSR count). The quantitative estimate of drug-likeness (QED) is 0.599. The summed E-state index contributed by atoms with van der Waals surface area (Å²) in [6, 6.07) is 4.52. The summed E-state index contributed by atoms with van der Waals surface area (Å²) < 4.78 is 1.39. The van der Waals surface area contributed by atoms with Crippen molar-refractivity contribution in [1.82, 2.24) is 20.2 Å². The van der Waals surface area contributed by atoms with E-state index in [1.165, 1.54) is 38.7 Å². The molecule has 0 unspecified atom stereocenters. The lowest BCUT2D eigenvalue weighted by Crippen LogP contribution is -2.28. The van der Waals surface area contributed by atoms with E-state index in [0.717, 1.165) is 6.42 Å². The fourth-order valence-corrected chi connectivity index (χ4v) is 3.51. The summed E-state index contributed by atoms with van der Waals surface area (Å²) in [7, 11) is 0. The van der Waals surface area contributed by atoms with Crippen LogP contribution in [0.5, 0.6) is 0 Å². The normalized spacial score (nSPS) is 11.6. The van der Waals surface area contributed by atoms with E-state index >= 15 is 0 Å². The lowest BCUT2D eigenvalue weighted by molar-refractivity contribution is -0.118. The van der Waals surface area contributed by atoms with E-state index in [1.54, 1.807) is 6.92 Å². The van der Waals surface area contributed by atoms with Crippen LogP contribution in [0, 0.1) is 20.8 Å². The first-order valence-electron chi connectivity index (χ1n) is 8.76. The molecule has 6 nitrogen and oxygen atoms in total. The van der Waals surface area contributed by atoms with Gasteiger partial charge < -0.3 is 11.2 Å². The number of hydrogen-bond acceptors (Lipinski definition) is 5. The van der Waals surface area contributed by atoms with E-state index in [2.05, 4.69) is 62.3 Å². The first-order chi connectivity index (χ1) is 12.1. The highest BCUT2D eigenvalue weighted by Crippen LogP contribution is 2.27. The van der Waals surface area contributed by atoms with Crippen LogP contribution in [0.4, 0.5) is 0 Å². The van der Waals surface area contributed by atoms with Crippen molar-refractivity contribution in [3.05, 3.63) is 40.2 Å². The number of amides is 1. The number of nitrogens with two attached hydrogens (primary N) is 1. The molecule has 0 aliphatic rings. The number of rotatable bonds is 6. The number of nitrogens with zero attached hydrogens (tertiary/aromatic N) is 3. The molecule has 0 fully saturated rings. The summed E-state index contributed by atoms with van der Waals surface area (Å²) in [4.78, 5) is 12.0. The Bertz CT molecular complexity index is 769. The van der Waals surface area contributed by atoms with Crippen LogP contribution in [0.3, 0.4) is 0 Å². The van der Waals surface area contributed by atoms with Crippen LogP contribution in [-0.2, 0) is 16.6 Å². The van der Waals surface area contributed by atoms with Crippen LogP contribution in [0.15, 0.2) is 17.3 Å². The van der Waals surface area contributed by atoms with Gasteiger partial charge in [0, 0.05) is 6.54 Å². The number of aryl methyl sites for hydroxylation is 3. The first-order valence-corrected chi connectivity index (χ1v) is 9.75. The Labute approximate surface area is 159 Å². The Balaban J connectivity index is 1.87. The van der Waals surface area contributed by atoms with Crippen molar-refractivity contribution >= 4 is 17.7 Å². The standard InChI is InChI=1S/C19H29N5OS/c1-12-9-15(19(4,5)6)10-13(2)16(12)7-8-21-17(25)11-26-18-23-22-14(3)24(18)20/h9-10H,7-8,11,20H2,1-6H3,(H,21,25). The molecule has 3 N–H and O–H groups in total. The van der Waals surface area contributed by atoms with E-state index in [1.807, 2.05) is 0 Å². The maximum Gasteiger partial charge on any atom is 0.230 e. The average Bonchev–Trinajstić information content (AvgIpc) is 2.86. The first kappa shape index (κ1) is 20.3. The molecular weight excluding hydrogens is 346 g/mol. The van der Waals surface area contributed by atoms with Gasteiger partial charge in [0.1, 0.15) is 5.82 Å². The molecule has 1 amide bonds. The van der Waals surface area contributed by atoms with Crippen LogP contribution in [0.25, 0.3) is 0 Å². The average molecular weight is 376 g/mol. The monoisotopic (exact) mass is 375 g/mol. The van der Waals surface area contributed by atoms with Gasteiger partial charge in [-0.25, -0.2) is 4.68 Å². The van der Waals surface area contributed by atoms with E-state index in [0.29, 0.717) is 17.5 Å². The molecular formula is C19H29N5OS. The number of thioether (sulfide) groups is 1. The van der Waals surface area contributed by atoms with Crippen LogP contribution in [0.1, 0.15) is 48.8 Å². The van der Waals surface area contributed by atoms with Gasteiger partial charge in [-0.3, -0.25) is 4.79 Å². The Kier molecular flexibility index (Phi) is 6.34. The summed E-state index contributed by atoms with van der Waals surface area (Å²) in [6.45, 7) is 13.3. The maximum atomic E-state index is 12.0. The molecule has 0 aliphatic carbocycles. The Morgan fingerprint density at radius 3 is 2.31 bits per heavy atom. The summed E-state index contributed by atoms with van der Waals surface area (Å²) in [5.41, 5.74) is 5.36. The van der Waals surface area contributed by atoms with Crippen molar-refractivity contribution < 1.29 is 4.79 Å². The smallest absolute Gasteiger partial charge is 0.230 e. The van der Waals surface area contributed by atoms with Crippen LogP contribution in [-0.4, -0.2) is 33.1 Å². The Hall–Kier alpha value is -2.02. The van der Waals surface area contributed by atoms with Crippen LogP contribution >= 0.6 is 11.8 Å². The van der Waals surface area contributed by atoms with Crippen molar-refractivity contribution in [2.75, 3.05) is 18.1 Å². The van der Waals surface area contributed by atoms with Gasteiger partial charge in [-0.15, -0.1) is 10.2 Å². The predicted octanol–water partition coefficient (Wildman–Crippen LogP) is 2.67. The van der Waals surface area contributed by atoms with Gasteiger partial charge in [-0.2, -0.15) is 0 Å². The fourth-order valence-electron chi connectivity index (χ4n) is 2.78. The van der Waals surface area contributed by atoms with Crippen molar-refractivity contribution in [1.29, 1.82) is 0 Å². The highest BCUT2D eigenvalue weighted by atomic mass is 32.2. The third kappa shape index (κ3) is 5.00. The summed E-state index contributed by atoms with van der Waals surface area (Å²) in [6.07, 6.45) is 0.824. The highest BCUT2D eigenvalue weighted by molar-refractivity contribution is 7.99.